The maximum atomic E-state index is 13.0. The monoisotopic (exact) mass is 328 g/mol. The maximum Gasteiger partial charge on any atom is 0.357 e. The molecule has 1 aliphatic heterocycles. The lowest BCUT2D eigenvalue weighted by atomic mass is 9.99. The molecule has 0 amide bonds. The van der Waals surface area contributed by atoms with E-state index in [1.165, 1.54) is 12.1 Å². The molecule has 1 atom stereocenters. The zero-order chi connectivity index (χ0) is 16.2. The summed E-state index contributed by atoms with van der Waals surface area (Å²) < 4.78 is 40.8. The van der Waals surface area contributed by atoms with Crippen LogP contribution < -0.4 is 0 Å². The topological polar surface area (TPSA) is 61.8 Å². The number of hydrogen-bond acceptors (Lipinski definition) is 5. The van der Waals surface area contributed by atoms with Crippen LogP contribution in [0.4, 0.5) is 4.39 Å². The van der Waals surface area contributed by atoms with Gasteiger partial charge in [0.2, 0.25) is 0 Å². The number of carbonyl (C=O) groups is 1. The van der Waals surface area contributed by atoms with Crippen molar-refractivity contribution in [3.05, 3.63) is 47.5 Å². The van der Waals surface area contributed by atoms with Crippen LogP contribution in [0.25, 0.3) is 0 Å². The molecule has 2 rings (SSSR count). The first-order valence-corrected chi connectivity index (χ1v) is 8.50. The molecule has 0 radical (unpaired) electrons. The van der Waals surface area contributed by atoms with Gasteiger partial charge in [-0.2, -0.15) is 0 Å². The Balaban J connectivity index is 2.22. The van der Waals surface area contributed by atoms with Crippen LogP contribution in [-0.4, -0.2) is 25.8 Å². The molecule has 1 fully saturated rings. The van der Waals surface area contributed by atoms with Crippen LogP contribution in [0.1, 0.15) is 12.5 Å². The smallest absolute Gasteiger partial charge is 0.357 e. The van der Waals surface area contributed by atoms with Crippen LogP contribution in [0.3, 0.4) is 0 Å². The molecule has 1 heterocycles. The standard InChI is InChI=1S/C15H18FO5P/c1-3-19-15(17)14(10-12-4-6-13(16)7-5-12)11(2)22(18)20-8-9-21-22/h4-7,14H,2-3,8-10H2,1H3. The Bertz CT molecular complexity index is 588. The number of rotatable bonds is 6. The summed E-state index contributed by atoms with van der Waals surface area (Å²) >= 11 is 0. The normalized spacial score (nSPS) is 17.9. The molecule has 120 valence electrons. The van der Waals surface area contributed by atoms with E-state index in [2.05, 4.69) is 6.58 Å². The van der Waals surface area contributed by atoms with Gasteiger partial charge in [-0.3, -0.25) is 9.36 Å². The Kier molecular flexibility index (Phi) is 5.51. The molecule has 7 heteroatoms. The second kappa shape index (κ2) is 7.18. The third-order valence-corrected chi connectivity index (χ3v) is 5.34. The highest BCUT2D eigenvalue weighted by atomic mass is 31.2. The number of ether oxygens (including phenoxy) is 1. The van der Waals surface area contributed by atoms with Crippen LogP contribution in [-0.2, 0) is 29.6 Å². The summed E-state index contributed by atoms with van der Waals surface area (Å²) in [6.45, 7) is 6.00. The Morgan fingerprint density at radius 3 is 2.50 bits per heavy atom. The van der Waals surface area contributed by atoms with E-state index >= 15 is 0 Å². The fourth-order valence-electron chi connectivity index (χ4n) is 2.15. The van der Waals surface area contributed by atoms with Crippen molar-refractivity contribution in [1.82, 2.24) is 0 Å². The second-order valence-electron chi connectivity index (χ2n) is 4.79. The molecular weight excluding hydrogens is 310 g/mol. The van der Waals surface area contributed by atoms with Gasteiger partial charge >= 0.3 is 13.6 Å². The average Bonchev–Trinajstić information content (AvgIpc) is 2.94. The van der Waals surface area contributed by atoms with E-state index in [9.17, 15) is 13.8 Å². The van der Waals surface area contributed by atoms with Crippen LogP contribution in [0.2, 0.25) is 0 Å². The summed E-state index contributed by atoms with van der Waals surface area (Å²) in [6, 6.07) is 5.71. The molecule has 0 N–H and O–H groups in total. The van der Waals surface area contributed by atoms with Gasteiger partial charge in [-0.25, -0.2) is 4.39 Å². The van der Waals surface area contributed by atoms with Gasteiger partial charge in [0.1, 0.15) is 5.82 Å². The van der Waals surface area contributed by atoms with Crippen molar-refractivity contribution in [2.24, 2.45) is 5.92 Å². The Labute approximate surface area is 128 Å². The van der Waals surface area contributed by atoms with Crippen LogP contribution in [0.15, 0.2) is 36.2 Å². The van der Waals surface area contributed by atoms with Crippen molar-refractivity contribution in [3.8, 4) is 0 Å². The van der Waals surface area contributed by atoms with Crippen molar-refractivity contribution in [1.29, 1.82) is 0 Å². The molecule has 1 aliphatic rings. The molecule has 1 aromatic carbocycles. The number of carbonyl (C=O) groups excluding carboxylic acids is 1. The first-order chi connectivity index (χ1) is 10.5. The lowest BCUT2D eigenvalue weighted by Gasteiger charge is -2.21. The van der Waals surface area contributed by atoms with Gasteiger partial charge < -0.3 is 13.8 Å². The highest BCUT2D eigenvalue weighted by Gasteiger charge is 2.41. The summed E-state index contributed by atoms with van der Waals surface area (Å²) in [5, 5.41) is 0.0766. The predicted molar refractivity (Wildman–Crippen MR) is 78.9 cm³/mol. The first kappa shape index (κ1) is 16.9. The minimum Gasteiger partial charge on any atom is -0.466 e. The van der Waals surface area contributed by atoms with E-state index in [-0.39, 0.29) is 37.4 Å². The average molecular weight is 328 g/mol. The molecule has 22 heavy (non-hydrogen) atoms. The van der Waals surface area contributed by atoms with Crippen molar-refractivity contribution < 1.29 is 27.5 Å². The van der Waals surface area contributed by atoms with Gasteiger partial charge in [0.25, 0.3) is 0 Å². The second-order valence-corrected chi connectivity index (χ2v) is 6.88. The predicted octanol–water partition coefficient (Wildman–Crippen LogP) is 3.30. The van der Waals surface area contributed by atoms with Gasteiger partial charge in [0.15, 0.2) is 0 Å². The van der Waals surface area contributed by atoms with E-state index in [1.54, 1.807) is 19.1 Å². The first-order valence-electron chi connectivity index (χ1n) is 6.96. The van der Waals surface area contributed by atoms with Crippen molar-refractivity contribution in [2.45, 2.75) is 13.3 Å². The lowest BCUT2D eigenvalue weighted by Crippen LogP contribution is -2.22. The zero-order valence-electron chi connectivity index (χ0n) is 12.3. The summed E-state index contributed by atoms with van der Waals surface area (Å²) in [6.07, 6.45) is 0.189. The van der Waals surface area contributed by atoms with Crippen LogP contribution >= 0.6 is 7.60 Å². The Hall–Kier alpha value is -1.49. The SMILES string of the molecule is C=C(C(Cc1ccc(F)cc1)C(=O)OCC)P1(=O)OCCO1. The largest absolute Gasteiger partial charge is 0.466 e. The summed E-state index contributed by atoms with van der Waals surface area (Å²) in [7, 11) is -3.51. The van der Waals surface area contributed by atoms with Gasteiger partial charge in [0, 0.05) is 5.31 Å². The molecule has 5 nitrogen and oxygen atoms in total. The fourth-order valence-corrected chi connectivity index (χ4v) is 3.76. The van der Waals surface area contributed by atoms with E-state index in [4.69, 9.17) is 13.8 Å². The van der Waals surface area contributed by atoms with Crippen molar-refractivity contribution in [2.75, 3.05) is 19.8 Å². The minimum absolute atomic E-state index is 0.0766. The van der Waals surface area contributed by atoms with E-state index in [0.29, 0.717) is 5.56 Å². The number of hydrogen-bond donors (Lipinski definition) is 0. The summed E-state index contributed by atoms with van der Waals surface area (Å²) in [4.78, 5) is 12.2. The van der Waals surface area contributed by atoms with Crippen molar-refractivity contribution in [3.63, 3.8) is 0 Å². The van der Waals surface area contributed by atoms with E-state index < -0.39 is 19.5 Å². The molecule has 1 unspecified atom stereocenters. The Morgan fingerprint density at radius 1 is 1.36 bits per heavy atom. The molecular formula is C15H18FO5P. The van der Waals surface area contributed by atoms with Crippen LogP contribution in [0, 0.1) is 11.7 Å². The third-order valence-electron chi connectivity index (χ3n) is 3.28. The van der Waals surface area contributed by atoms with Crippen molar-refractivity contribution >= 4 is 13.6 Å². The quantitative estimate of drug-likeness (QED) is 0.592. The minimum atomic E-state index is -3.51. The van der Waals surface area contributed by atoms with Crippen LogP contribution in [0.5, 0.6) is 0 Å². The molecule has 0 aromatic heterocycles. The van der Waals surface area contributed by atoms with Gasteiger partial charge in [-0.15, -0.1) is 0 Å². The summed E-state index contributed by atoms with van der Waals surface area (Å²) in [5.41, 5.74) is 0.700. The fraction of sp³-hybridized carbons (Fsp3) is 0.400. The number of benzene rings is 1. The lowest BCUT2D eigenvalue weighted by molar-refractivity contribution is -0.146. The molecule has 0 saturated carbocycles. The molecule has 1 saturated heterocycles. The molecule has 1 aromatic rings. The number of halogens is 1. The highest BCUT2D eigenvalue weighted by Crippen LogP contribution is 2.61. The maximum absolute atomic E-state index is 13.0. The highest BCUT2D eigenvalue weighted by molar-refractivity contribution is 7.58. The third kappa shape index (κ3) is 3.83. The molecule has 0 aliphatic carbocycles. The zero-order valence-corrected chi connectivity index (χ0v) is 13.2. The van der Waals surface area contributed by atoms with Gasteiger partial charge in [0.05, 0.1) is 25.7 Å². The number of esters is 1. The Morgan fingerprint density at radius 2 is 1.95 bits per heavy atom. The van der Waals surface area contributed by atoms with E-state index in [0.717, 1.165) is 0 Å². The summed E-state index contributed by atoms with van der Waals surface area (Å²) in [5.74, 6) is -1.79. The van der Waals surface area contributed by atoms with Gasteiger partial charge in [-0.1, -0.05) is 18.7 Å². The van der Waals surface area contributed by atoms with E-state index in [1.807, 2.05) is 0 Å². The molecule has 0 bridgehead atoms. The molecule has 0 spiro atoms. The van der Waals surface area contributed by atoms with Gasteiger partial charge in [-0.05, 0) is 31.0 Å².